The molecule has 1 radical (unpaired) electrons. The van der Waals surface area contributed by atoms with Gasteiger partial charge in [-0.2, -0.15) is 0 Å². The minimum atomic E-state index is -3.51. The van der Waals surface area contributed by atoms with Gasteiger partial charge in [0.15, 0.2) is 7.14 Å². The number of rotatable bonds is 13. The van der Waals surface area contributed by atoms with Crippen molar-refractivity contribution < 1.29 is 64.4 Å². The molecule has 11 aromatic rings. The summed E-state index contributed by atoms with van der Waals surface area (Å²) in [7, 11) is -16.8. The van der Waals surface area contributed by atoms with E-state index in [9.17, 15) is 23.5 Å². The van der Waals surface area contributed by atoms with Gasteiger partial charge in [-0.15, -0.1) is 0 Å². The Hall–Kier alpha value is -6.58. The molecule has 15 heteroatoms. The van der Waals surface area contributed by atoms with Gasteiger partial charge in [0.1, 0.15) is 0 Å². The number of hydrogen-bond donors (Lipinski definition) is 0. The van der Waals surface area contributed by atoms with Crippen LogP contribution in [0.3, 0.4) is 0 Å². The van der Waals surface area contributed by atoms with Crippen LogP contribution in [0.5, 0.6) is 0 Å². The average Bonchev–Trinajstić information content (AvgIpc) is 3.65. The molecule has 0 heterocycles. The Labute approximate surface area is 497 Å². The van der Waals surface area contributed by atoms with E-state index >= 15 is 0 Å². The van der Waals surface area contributed by atoms with Crippen LogP contribution in [0.15, 0.2) is 343 Å². The summed E-state index contributed by atoms with van der Waals surface area (Å²) in [5.41, 5.74) is 0. The molecule has 0 amide bonds. The Kier molecular flexibility index (Phi) is 23.5. The van der Waals surface area contributed by atoms with Crippen molar-refractivity contribution in [2.45, 2.75) is 0 Å². The summed E-state index contributed by atoms with van der Waals surface area (Å²) >= 11 is 0. The minimum absolute atomic E-state index is 0. The van der Waals surface area contributed by atoms with Crippen LogP contribution in [0.2, 0.25) is 0 Å². The quantitative estimate of drug-likeness (QED) is 0.104. The molecule has 0 atom stereocenters. The van der Waals surface area contributed by atoms with E-state index in [1.165, 1.54) is 0 Å². The van der Waals surface area contributed by atoms with E-state index in [-0.39, 0.29) is 40.9 Å². The van der Waals surface area contributed by atoms with E-state index in [2.05, 4.69) is 0 Å². The first kappa shape index (κ1) is 63.6. The predicted molar refractivity (Wildman–Crippen MR) is 330 cm³/mol. The molecular weight excluding hydrogens is 1320 g/mol. The van der Waals surface area contributed by atoms with Crippen molar-refractivity contribution in [3.05, 3.63) is 334 Å². The second-order valence-electron chi connectivity index (χ2n) is 17.8. The van der Waals surface area contributed by atoms with Gasteiger partial charge in [-0.3, -0.25) is 9.13 Å². The van der Waals surface area contributed by atoms with Crippen molar-refractivity contribution in [3.8, 4) is 0 Å². The second-order valence-corrected chi connectivity index (χ2v) is 30.7. The molecule has 0 aliphatic carbocycles. The molecule has 0 saturated carbocycles. The molecule has 0 bridgehead atoms. The van der Waals surface area contributed by atoms with Crippen molar-refractivity contribution in [3.63, 3.8) is 0 Å². The topological polar surface area (TPSA) is 179 Å². The zero-order valence-corrected chi connectivity index (χ0v) is 51.9. The van der Waals surface area contributed by atoms with Gasteiger partial charge in [0.2, 0.25) is 14.6 Å². The van der Waals surface area contributed by atoms with Crippen molar-refractivity contribution in [2.24, 2.45) is 9.03 Å². The smallest absolute Gasteiger partial charge is 0.245 e. The van der Waals surface area contributed by atoms with E-state index in [4.69, 9.17) is 9.03 Å². The minimum Gasteiger partial charge on any atom is -2.00 e. The third-order valence-corrected chi connectivity index (χ3v) is 27.8. The van der Waals surface area contributed by atoms with Gasteiger partial charge in [0, 0.05) is 67.1 Å². The van der Waals surface area contributed by atoms with Gasteiger partial charge < -0.3 is 25.3 Å². The molecule has 0 aromatic heterocycles. The predicted octanol–water partition coefficient (Wildman–Crippen LogP) is 11.2. The normalized spacial score (nSPS) is 11.2. The van der Waals surface area contributed by atoms with E-state index in [1.54, 1.807) is 97.1 Å². The molecule has 11 rings (SSSR count). The van der Waals surface area contributed by atoms with E-state index in [0.29, 0.717) is 42.4 Å². The van der Waals surface area contributed by atoms with E-state index < -0.39 is 36.3 Å². The van der Waals surface area contributed by atoms with Crippen LogP contribution in [0.4, 0.5) is 0 Å². The van der Waals surface area contributed by atoms with Gasteiger partial charge in [0.05, 0.1) is 0 Å². The van der Waals surface area contributed by atoms with Gasteiger partial charge in [0.25, 0.3) is 0 Å². The standard InChI is InChI=1S/2C24H20NO2P2.C18H15OP.Np.2O/c2*26-28(21-13-5-1-6-14-21,22-15-7-2-8-16-22)25-29(27,23-17-9-3-10-18-23)24-19-11-4-12-20-24;19-20(16-10-4-1-5-11-16,17-12-6-2-7-13-17)18-14-8-3-9-15-18;;;/h2*1-20H;1-15H;;;/q2*-1;;;2*-2. The summed E-state index contributed by atoms with van der Waals surface area (Å²) in [6.45, 7) is 0. The molecule has 81 heavy (non-hydrogen) atoms. The van der Waals surface area contributed by atoms with Crippen LogP contribution in [-0.2, 0) is 24.6 Å². The van der Waals surface area contributed by atoms with Crippen molar-refractivity contribution >= 4 is 94.6 Å². The van der Waals surface area contributed by atoms with E-state index in [1.807, 2.05) is 237 Å². The SMILES string of the molecule is O=P(N=P([O-])(c1ccccc1)c1ccccc1)(c1ccccc1)c1ccccc1.O=P(N=P([O-])(c1ccccc1)c1ccccc1)(c1ccccc1)c1ccccc1.O=P(c1ccccc1)(c1ccccc1)c1ccccc1.[Np].[O-2].[O-2]. The summed E-state index contributed by atoms with van der Waals surface area (Å²) in [5, 5.41) is 7.16. The van der Waals surface area contributed by atoms with Crippen molar-refractivity contribution in [1.82, 2.24) is 0 Å². The molecule has 0 aliphatic heterocycles. The Bertz CT molecular complexity index is 3440. The number of nitrogens with zero attached hydrogens (tertiary/aromatic N) is 2. The third-order valence-electron chi connectivity index (χ3n) is 12.7. The Morgan fingerprint density at radius 2 is 0.333 bits per heavy atom. The first-order valence-electron chi connectivity index (χ1n) is 25.2. The maximum absolute atomic E-state index is 14.4. The summed E-state index contributed by atoms with van der Waals surface area (Å²) in [6, 6.07) is 102. The zero-order chi connectivity index (χ0) is 54.2. The van der Waals surface area contributed by atoms with Gasteiger partial charge >= 0.3 is 0 Å². The summed E-state index contributed by atoms with van der Waals surface area (Å²) in [5.74, 6) is 0. The fourth-order valence-corrected chi connectivity index (χ4v) is 23.4. The largest absolute Gasteiger partial charge is 2.00 e. The third kappa shape index (κ3) is 14.7. The first-order valence-corrected chi connectivity index (χ1v) is 33.5. The zero-order valence-electron chi connectivity index (χ0n) is 43.7. The molecule has 9 nitrogen and oxygen atoms in total. The van der Waals surface area contributed by atoms with Crippen LogP contribution in [0.25, 0.3) is 0 Å². The second kappa shape index (κ2) is 29.9. The maximum atomic E-state index is 14.4. The maximum Gasteiger partial charge on any atom is 0.245 e. The molecule has 11 aromatic carbocycles. The van der Waals surface area contributed by atoms with Crippen LogP contribution in [-0.4, -0.2) is 0 Å². The molecule has 0 spiro atoms. The summed E-state index contributed by atoms with van der Waals surface area (Å²) < 4.78 is 52.2. The van der Waals surface area contributed by atoms with Crippen LogP contribution >= 0.6 is 36.3 Å². The Balaban J connectivity index is 0.000000196. The molecule has 0 unspecified atom stereocenters. The van der Waals surface area contributed by atoms with Crippen molar-refractivity contribution in [1.29, 1.82) is 0 Å². The molecule has 0 N–H and O–H groups in total. The van der Waals surface area contributed by atoms with Gasteiger partial charge in [-0.25, -0.2) is 9.03 Å². The molecular formula is C66H55N2NpO7P5-6. The Morgan fingerprint density at radius 3 is 0.481 bits per heavy atom. The van der Waals surface area contributed by atoms with Crippen LogP contribution < -0.4 is 68.1 Å². The summed E-state index contributed by atoms with van der Waals surface area (Å²) in [4.78, 5) is 28.9. The van der Waals surface area contributed by atoms with Gasteiger partial charge in [-0.05, 0) is 84.3 Å². The van der Waals surface area contributed by atoms with E-state index in [0.717, 1.165) is 15.9 Å². The number of benzene rings is 11. The monoisotopic (exact) mass is 1380 g/mol. The fraction of sp³-hybridized carbons (Fsp3) is 0. The molecule has 407 valence electrons. The Morgan fingerprint density at radius 1 is 0.210 bits per heavy atom. The molecule has 0 saturated heterocycles. The average molecular weight is 1380 g/mol. The molecule has 0 aliphatic rings. The van der Waals surface area contributed by atoms with Crippen molar-refractivity contribution in [2.75, 3.05) is 0 Å². The summed E-state index contributed by atoms with van der Waals surface area (Å²) in [6.07, 6.45) is 0. The van der Waals surface area contributed by atoms with Crippen LogP contribution in [0.1, 0.15) is 0 Å². The van der Waals surface area contributed by atoms with Gasteiger partial charge in [-0.1, -0.05) is 285 Å². The van der Waals surface area contributed by atoms with Crippen LogP contribution in [0, 0.1) is 29.9 Å². The fourth-order valence-electron chi connectivity index (χ4n) is 8.77. The first-order chi connectivity index (χ1) is 38.1. The number of hydrogen-bond acceptors (Lipinski definition) is 5. The molecule has 0 fully saturated rings.